The maximum Gasteiger partial charge on any atom is 0.225 e. The molecule has 20 heavy (non-hydrogen) atoms. The first kappa shape index (κ1) is 13.5. The van der Waals surface area contributed by atoms with Crippen molar-refractivity contribution in [1.82, 2.24) is 9.97 Å². The van der Waals surface area contributed by atoms with Gasteiger partial charge in [-0.2, -0.15) is 4.98 Å². The number of anilines is 2. The number of aromatic nitrogens is 2. The van der Waals surface area contributed by atoms with Gasteiger partial charge in [0.15, 0.2) is 0 Å². The van der Waals surface area contributed by atoms with Crippen molar-refractivity contribution in [3.05, 3.63) is 45.3 Å². The summed E-state index contributed by atoms with van der Waals surface area (Å²) >= 11 is 13.4. The van der Waals surface area contributed by atoms with Gasteiger partial charge in [0.1, 0.15) is 16.5 Å². The van der Waals surface area contributed by atoms with Crippen molar-refractivity contribution in [2.75, 3.05) is 5.32 Å². The number of rotatable bonds is 2. The van der Waals surface area contributed by atoms with E-state index in [1.165, 1.54) is 23.5 Å². The number of halogens is 3. The van der Waals surface area contributed by atoms with Crippen molar-refractivity contribution < 1.29 is 4.39 Å². The molecule has 0 radical (unpaired) electrons. The van der Waals surface area contributed by atoms with Gasteiger partial charge in [-0.1, -0.05) is 11.6 Å². The van der Waals surface area contributed by atoms with Crippen LogP contribution in [0.5, 0.6) is 0 Å². The summed E-state index contributed by atoms with van der Waals surface area (Å²) in [5, 5.41) is 4.36. The van der Waals surface area contributed by atoms with E-state index in [0.717, 1.165) is 15.1 Å². The Morgan fingerprint density at radius 3 is 2.75 bits per heavy atom. The van der Waals surface area contributed by atoms with E-state index < -0.39 is 5.82 Å². The molecule has 0 unspecified atom stereocenters. The van der Waals surface area contributed by atoms with Gasteiger partial charge in [0.2, 0.25) is 5.28 Å². The largest absolute Gasteiger partial charge is 0.338 e. The molecule has 0 aliphatic rings. The SMILES string of the molecule is Cc1cc2c(Nc3ccc(F)cc3Cl)nc(Cl)nc2s1. The lowest BCUT2D eigenvalue weighted by molar-refractivity contribution is 0.628. The van der Waals surface area contributed by atoms with Crippen LogP contribution in [-0.2, 0) is 0 Å². The number of nitrogens with one attached hydrogen (secondary N) is 1. The predicted molar refractivity (Wildman–Crippen MR) is 81.9 cm³/mol. The van der Waals surface area contributed by atoms with Crippen molar-refractivity contribution in [3.63, 3.8) is 0 Å². The van der Waals surface area contributed by atoms with Crippen molar-refractivity contribution >= 4 is 56.3 Å². The molecular weight excluding hydrogens is 320 g/mol. The highest BCUT2D eigenvalue weighted by Crippen LogP contribution is 2.33. The molecule has 3 nitrogen and oxygen atoms in total. The normalized spacial score (nSPS) is 11.0. The number of nitrogens with zero attached hydrogens (tertiary/aromatic N) is 2. The fourth-order valence-corrected chi connectivity index (χ4v) is 3.14. The second-order valence-electron chi connectivity index (χ2n) is 4.17. The van der Waals surface area contributed by atoms with Crippen LogP contribution in [0.15, 0.2) is 24.3 Å². The van der Waals surface area contributed by atoms with Crippen LogP contribution in [0.4, 0.5) is 15.9 Å². The quantitative estimate of drug-likeness (QED) is 0.658. The van der Waals surface area contributed by atoms with E-state index in [9.17, 15) is 4.39 Å². The zero-order chi connectivity index (χ0) is 14.3. The van der Waals surface area contributed by atoms with E-state index in [2.05, 4.69) is 15.3 Å². The summed E-state index contributed by atoms with van der Waals surface area (Å²) in [7, 11) is 0. The molecule has 7 heteroatoms. The lowest BCUT2D eigenvalue weighted by atomic mass is 10.3. The minimum atomic E-state index is -0.391. The van der Waals surface area contributed by atoms with Crippen LogP contribution in [0, 0.1) is 12.7 Å². The molecule has 0 amide bonds. The second kappa shape index (κ2) is 5.16. The molecule has 2 aromatic heterocycles. The van der Waals surface area contributed by atoms with E-state index in [0.29, 0.717) is 11.5 Å². The van der Waals surface area contributed by atoms with Gasteiger partial charge < -0.3 is 5.32 Å². The van der Waals surface area contributed by atoms with Gasteiger partial charge in [-0.25, -0.2) is 9.37 Å². The lowest BCUT2D eigenvalue weighted by Gasteiger charge is -2.08. The maximum atomic E-state index is 13.0. The zero-order valence-electron chi connectivity index (χ0n) is 10.2. The molecule has 0 saturated heterocycles. The van der Waals surface area contributed by atoms with Gasteiger partial charge in [0.25, 0.3) is 0 Å². The summed E-state index contributed by atoms with van der Waals surface area (Å²) in [6.07, 6.45) is 0. The topological polar surface area (TPSA) is 37.8 Å². The van der Waals surface area contributed by atoms with Crippen LogP contribution >= 0.6 is 34.5 Å². The summed E-state index contributed by atoms with van der Waals surface area (Å²) in [6, 6.07) is 6.09. The fraction of sp³-hybridized carbons (Fsp3) is 0.0769. The average Bonchev–Trinajstić information content (AvgIpc) is 2.73. The molecule has 1 N–H and O–H groups in total. The average molecular weight is 328 g/mol. The fourth-order valence-electron chi connectivity index (χ4n) is 1.83. The molecule has 0 aliphatic heterocycles. The van der Waals surface area contributed by atoms with Crippen molar-refractivity contribution in [3.8, 4) is 0 Å². The van der Waals surface area contributed by atoms with Crippen LogP contribution in [-0.4, -0.2) is 9.97 Å². The third-order valence-corrected chi connectivity index (χ3v) is 4.10. The van der Waals surface area contributed by atoms with E-state index in [4.69, 9.17) is 23.2 Å². The Hall–Kier alpha value is -1.43. The first-order valence-corrected chi connectivity index (χ1v) is 7.26. The van der Waals surface area contributed by atoms with Crippen molar-refractivity contribution in [2.45, 2.75) is 6.92 Å². The highest BCUT2D eigenvalue weighted by Gasteiger charge is 2.11. The van der Waals surface area contributed by atoms with Crippen LogP contribution in [0.2, 0.25) is 10.3 Å². The number of fused-ring (bicyclic) bond motifs is 1. The van der Waals surface area contributed by atoms with Gasteiger partial charge in [0, 0.05) is 4.88 Å². The van der Waals surface area contributed by atoms with Crippen molar-refractivity contribution in [1.29, 1.82) is 0 Å². The van der Waals surface area contributed by atoms with Crippen LogP contribution in [0.3, 0.4) is 0 Å². The Bertz CT molecular complexity index is 804. The molecule has 0 bridgehead atoms. The summed E-state index contributed by atoms with van der Waals surface area (Å²) in [6.45, 7) is 1.98. The lowest BCUT2D eigenvalue weighted by Crippen LogP contribution is -1.96. The molecule has 2 heterocycles. The monoisotopic (exact) mass is 327 g/mol. The Morgan fingerprint density at radius 1 is 1.20 bits per heavy atom. The van der Waals surface area contributed by atoms with E-state index in [1.807, 2.05) is 13.0 Å². The summed E-state index contributed by atoms with van der Waals surface area (Å²) in [5.41, 5.74) is 0.563. The summed E-state index contributed by atoms with van der Waals surface area (Å²) in [4.78, 5) is 10.2. The van der Waals surface area contributed by atoms with Gasteiger partial charge in [-0.3, -0.25) is 0 Å². The second-order valence-corrected chi connectivity index (χ2v) is 6.15. The first-order valence-electron chi connectivity index (χ1n) is 5.69. The molecule has 3 rings (SSSR count). The molecule has 0 aliphatic carbocycles. The molecule has 0 spiro atoms. The number of aryl methyl sites for hydroxylation is 1. The number of hydrogen-bond acceptors (Lipinski definition) is 4. The van der Waals surface area contributed by atoms with Crippen LogP contribution in [0.25, 0.3) is 10.2 Å². The first-order chi connectivity index (χ1) is 9.52. The number of hydrogen-bond donors (Lipinski definition) is 1. The highest BCUT2D eigenvalue weighted by atomic mass is 35.5. The van der Waals surface area contributed by atoms with E-state index in [-0.39, 0.29) is 10.3 Å². The molecule has 102 valence electrons. The highest BCUT2D eigenvalue weighted by molar-refractivity contribution is 7.18. The standard InChI is InChI=1S/C13H8Cl2FN3S/c1-6-4-8-11(18-13(15)19-12(8)20-6)17-10-3-2-7(16)5-9(10)14/h2-5H,1H3,(H,17,18,19). The smallest absolute Gasteiger partial charge is 0.225 e. The Morgan fingerprint density at radius 2 is 2.00 bits per heavy atom. The maximum absolute atomic E-state index is 13.0. The third-order valence-electron chi connectivity index (χ3n) is 2.67. The van der Waals surface area contributed by atoms with Gasteiger partial charge in [-0.05, 0) is 42.8 Å². The number of thiophene rings is 1. The van der Waals surface area contributed by atoms with Gasteiger partial charge in [0.05, 0.1) is 16.1 Å². The van der Waals surface area contributed by atoms with Gasteiger partial charge >= 0.3 is 0 Å². The zero-order valence-corrected chi connectivity index (χ0v) is 12.6. The molecule has 0 atom stereocenters. The van der Waals surface area contributed by atoms with E-state index in [1.54, 1.807) is 6.07 Å². The minimum Gasteiger partial charge on any atom is -0.338 e. The minimum absolute atomic E-state index is 0.153. The molecule has 1 aromatic carbocycles. The third kappa shape index (κ3) is 2.57. The summed E-state index contributed by atoms with van der Waals surface area (Å²) in [5.74, 6) is 0.163. The molecule has 0 fully saturated rings. The Labute approximate surface area is 128 Å². The number of benzene rings is 1. The van der Waals surface area contributed by atoms with Crippen LogP contribution < -0.4 is 5.32 Å². The Balaban J connectivity index is 2.10. The molecular formula is C13H8Cl2FN3S. The van der Waals surface area contributed by atoms with Crippen LogP contribution in [0.1, 0.15) is 4.88 Å². The Kier molecular flexibility index (Phi) is 3.50. The predicted octanol–water partition coefficient (Wildman–Crippen LogP) is 5.19. The van der Waals surface area contributed by atoms with Gasteiger partial charge in [-0.15, -0.1) is 11.3 Å². The van der Waals surface area contributed by atoms with Crippen molar-refractivity contribution in [2.24, 2.45) is 0 Å². The summed E-state index contributed by atoms with van der Waals surface area (Å²) < 4.78 is 13.0. The molecule has 3 aromatic rings. The molecule has 0 saturated carbocycles. The van der Waals surface area contributed by atoms with E-state index >= 15 is 0 Å².